The maximum Gasteiger partial charge on any atom is 0.410 e. The van der Waals surface area contributed by atoms with Gasteiger partial charge < -0.3 is 9.64 Å². The molecular formula is C16H22N4O4. The topological polar surface area (TPSA) is 84.7 Å². The van der Waals surface area contributed by atoms with Gasteiger partial charge in [0.05, 0.1) is 30.4 Å². The predicted molar refractivity (Wildman–Crippen MR) is 85.1 cm³/mol. The lowest BCUT2D eigenvalue weighted by Crippen LogP contribution is -2.44. The summed E-state index contributed by atoms with van der Waals surface area (Å²) < 4.78 is 6.55. The third-order valence-corrected chi connectivity index (χ3v) is 4.82. The molecule has 1 aromatic heterocycles. The molecule has 8 heteroatoms. The van der Waals surface area contributed by atoms with Crippen LogP contribution in [0.25, 0.3) is 0 Å². The third kappa shape index (κ3) is 2.65. The second-order valence-corrected chi connectivity index (χ2v) is 6.71. The van der Waals surface area contributed by atoms with Crippen LogP contribution in [0.1, 0.15) is 30.9 Å². The maximum absolute atomic E-state index is 12.6. The molecule has 1 aromatic rings. The van der Waals surface area contributed by atoms with E-state index in [9.17, 15) is 14.4 Å². The van der Waals surface area contributed by atoms with Crippen LogP contribution in [0.3, 0.4) is 0 Å². The Kier molecular flexibility index (Phi) is 4.06. The SMILES string of the molecule is Cc1nc2c(c(=O)n1C)CN(C(=O)CN1C(=O)OC[C@@H]1C(C)C)C2. The number of carbonyl (C=O) groups excluding carboxylic acids is 2. The molecule has 2 amide bonds. The number of carbonyl (C=O) groups is 2. The van der Waals surface area contributed by atoms with Gasteiger partial charge in [0.25, 0.3) is 5.56 Å². The van der Waals surface area contributed by atoms with Gasteiger partial charge >= 0.3 is 6.09 Å². The molecule has 0 bridgehead atoms. The second-order valence-electron chi connectivity index (χ2n) is 6.71. The predicted octanol–water partition coefficient (Wildman–Crippen LogP) is 0.408. The highest BCUT2D eigenvalue weighted by molar-refractivity contribution is 5.83. The lowest BCUT2D eigenvalue weighted by atomic mass is 10.0. The van der Waals surface area contributed by atoms with Crippen LogP contribution in [-0.4, -0.2) is 50.5 Å². The zero-order chi connectivity index (χ0) is 17.6. The van der Waals surface area contributed by atoms with Crippen molar-refractivity contribution in [1.29, 1.82) is 0 Å². The minimum Gasteiger partial charge on any atom is -0.447 e. The summed E-state index contributed by atoms with van der Waals surface area (Å²) in [5.74, 6) is 0.630. The molecule has 0 radical (unpaired) electrons. The first-order valence-corrected chi connectivity index (χ1v) is 8.06. The molecular weight excluding hydrogens is 312 g/mol. The lowest BCUT2D eigenvalue weighted by Gasteiger charge is -2.25. The number of ether oxygens (including phenoxy) is 1. The van der Waals surface area contributed by atoms with E-state index in [0.29, 0.717) is 30.2 Å². The molecule has 2 aliphatic heterocycles. The van der Waals surface area contributed by atoms with E-state index in [1.165, 1.54) is 9.47 Å². The van der Waals surface area contributed by atoms with Gasteiger partial charge in [-0.15, -0.1) is 0 Å². The molecule has 0 unspecified atom stereocenters. The first-order chi connectivity index (χ1) is 11.3. The smallest absolute Gasteiger partial charge is 0.410 e. The highest BCUT2D eigenvalue weighted by atomic mass is 16.6. The van der Waals surface area contributed by atoms with Crippen molar-refractivity contribution >= 4 is 12.0 Å². The Balaban J connectivity index is 1.75. The van der Waals surface area contributed by atoms with Crippen LogP contribution in [-0.2, 0) is 29.7 Å². The Bertz CT molecular complexity index is 755. The number of amides is 2. The summed E-state index contributed by atoms with van der Waals surface area (Å²) in [5.41, 5.74) is 1.09. The van der Waals surface area contributed by atoms with Crippen LogP contribution >= 0.6 is 0 Å². The zero-order valence-corrected chi connectivity index (χ0v) is 14.4. The number of rotatable bonds is 3. The van der Waals surface area contributed by atoms with Gasteiger partial charge in [0.1, 0.15) is 19.0 Å². The normalized spacial score (nSPS) is 19.9. The van der Waals surface area contributed by atoms with Crippen molar-refractivity contribution in [2.75, 3.05) is 13.2 Å². The maximum atomic E-state index is 12.6. The molecule has 1 saturated heterocycles. The largest absolute Gasteiger partial charge is 0.447 e. The second kappa shape index (κ2) is 5.92. The van der Waals surface area contributed by atoms with Gasteiger partial charge in [-0.05, 0) is 12.8 Å². The minimum atomic E-state index is -0.455. The molecule has 2 aliphatic rings. The fourth-order valence-corrected chi connectivity index (χ4v) is 3.15. The van der Waals surface area contributed by atoms with E-state index in [0.717, 1.165) is 0 Å². The molecule has 1 atom stereocenters. The number of cyclic esters (lactones) is 1. The monoisotopic (exact) mass is 334 g/mol. The molecule has 24 heavy (non-hydrogen) atoms. The van der Waals surface area contributed by atoms with Crippen LogP contribution in [0.5, 0.6) is 0 Å². The number of nitrogens with zero attached hydrogens (tertiary/aromatic N) is 4. The molecule has 0 saturated carbocycles. The molecule has 8 nitrogen and oxygen atoms in total. The minimum absolute atomic E-state index is 0.0328. The highest BCUT2D eigenvalue weighted by Gasteiger charge is 2.38. The summed E-state index contributed by atoms with van der Waals surface area (Å²) in [6, 6.07) is -0.0975. The number of aryl methyl sites for hydroxylation is 1. The molecule has 130 valence electrons. The zero-order valence-electron chi connectivity index (χ0n) is 14.4. The Morgan fingerprint density at radius 1 is 1.33 bits per heavy atom. The molecule has 0 spiro atoms. The summed E-state index contributed by atoms with van der Waals surface area (Å²) in [7, 11) is 1.67. The summed E-state index contributed by atoms with van der Waals surface area (Å²) in [6.45, 7) is 6.57. The van der Waals surface area contributed by atoms with Crippen molar-refractivity contribution in [1.82, 2.24) is 19.4 Å². The Morgan fingerprint density at radius 2 is 2.04 bits per heavy atom. The fourth-order valence-electron chi connectivity index (χ4n) is 3.15. The lowest BCUT2D eigenvalue weighted by molar-refractivity contribution is -0.132. The summed E-state index contributed by atoms with van der Waals surface area (Å²) in [4.78, 5) is 44.2. The molecule has 0 N–H and O–H groups in total. The molecule has 0 aromatic carbocycles. The first kappa shape index (κ1) is 16.5. The number of aromatic nitrogens is 2. The van der Waals surface area contributed by atoms with Crippen molar-refractivity contribution in [2.45, 2.75) is 39.9 Å². The van der Waals surface area contributed by atoms with Gasteiger partial charge in [0.15, 0.2) is 0 Å². The van der Waals surface area contributed by atoms with Gasteiger partial charge in [-0.3, -0.25) is 19.1 Å². The number of hydrogen-bond donors (Lipinski definition) is 0. The average Bonchev–Trinajstić information content (AvgIpc) is 3.10. The van der Waals surface area contributed by atoms with Gasteiger partial charge in [-0.25, -0.2) is 9.78 Å². The highest BCUT2D eigenvalue weighted by Crippen LogP contribution is 2.22. The van der Waals surface area contributed by atoms with Crippen LogP contribution < -0.4 is 5.56 Å². The Labute approximate surface area is 140 Å². The first-order valence-electron chi connectivity index (χ1n) is 8.06. The van der Waals surface area contributed by atoms with Crippen LogP contribution in [0, 0.1) is 12.8 Å². The summed E-state index contributed by atoms with van der Waals surface area (Å²) in [6.07, 6.45) is -0.455. The van der Waals surface area contributed by atoms with E-state index < -0.39 is 6.09 Å². The Hall–Kier alpha value is -2.38. The van der Waals surface area contributed by atoms with E-state index in [2.05, 4.69) is 4.98 Å². The van der Waals surface area contributed by atoms with Crippen molar-refractivity contribution < 1.29 is 14.3 Å². The van der Waals surface area contributed by atoms with Crippen molar-refractivity contribution in [3.8, 4) is 0 Å². The standard InChI is InChI=1S/C16H22N4O4/c1-9(2)13-8-24-16(23)20(13)7-14(21)19-5-11-12(6-19)17-10(3)18(4)15(11)22/h9,13H,5-8H2,1-4H3/t13-/m1/s1. The number of hydrogen-bond acceptors (Lipinski definition) is 5. The van der Waals surface area contributed by atoms with Gasteiger partial charge in [-0.1, -0.05) is 13.8 Å². The van der Waals surface area contributed by atoms with E-state index in [4.69, 9.17) is 4.74 Å². The molecule has 0 aliphatic carbocycles. The van der Waals surface area contributed by atoms with Crippen LogP contribution in [0.2, 0.25) is 0 Å². The molecule has 3 rings (SSSR count). The van der Waals surface area contributed by atoms with Gasteiger partial charge in [-0.2, -0.15) is 0 Å². The van der Waals surface area contributed by atoms with Gasteiger partial charge in [0.2, 0.25) is 5.91 Å². The van der Waals surface area contributed by atoms with E-state index in [1.807, 2.05) is 13.8 Å². The average molecular weight is 334 g/mol. The fraction of sp³-hybridized carbons (Fsp3) is 0.625. The van der Waals surface area contributed by atoms with Crippen molar-refractivity contribution in [3.63, 3.8) is 0 Å². The van der Waals surface area contributed by atoms with Gasteiger partial charge in [0, 0.05) is 7.05 Å². The summed E-state index contributed by atoms with van der Waals surface area (Å²) in [5, 5.41) is 0. The van der Waals surface area contributed by atoms with Crippen molar-refractivity contribution in [2.24, 2.45) is 13.0 Å². The quantitative estimate of drug-likeness (QED) is 0.799. The van der Waals surface area contributed by atoms with E-state index >= 15 is 0 Å². The summed E-state index contributed by atoms with van der Waals surface area (Å²) >= 11 is 0. The third-order valence-electron chi connectivity index (χ3n) is 4.82. The van der Waals surface area contributed by atoms with E-state index in [1.54, 1.807) is 18.9 Å². The van der Waals surface area contributed by atoms with Crippen LogP contribution in [0.15, 0.2) is 4.79 Å². The molecule has 1 fully saturated rings. The Morgan fingerprint density at radius 3 is 2.71 bits per heavy atom. The van der Waals surface area contributed by atoms with Crippen molar-refractivity contribution in [3.05, 3.63) is 27.4 Å². The molecule has 3 heterocycles. The van der Waals surface area contributed by atoms with E-state index in [-0.39, 0.29) is 36.5 Å². The number of fused-ring (bicyclic) bond motifs is 1. The van der Waals surface area contributed by atoms with Crippen LogP contribution in [0.4, 0.5) is 4.79 Å².